The molecule has 82 heavy (non-hydrogen) atoms. The van der Waals surface area contributed by atoms with Crippen LogP contribution in [0.25, 0.3) is 0 Å². The molecule has 0 spiro atoms. The number of anilines is 1. The minimum Gasteiger partial charge on any atom is -0.387 e. The largest absolute Gasteiger partial charge is 0.387 e. The van der Waals surface area contributed by atoms with Crippen LogP contribution in [0.15, 0.2) is 78.9 Å². The first kappa shape index (κ1) is 66.1. The van der Waals surface area contributed by atoms with E-state index in [0.29, 0.717) is 28.3 Å². The Hall–Kier alpha value is -5.06. The standard InChI is InChI=1S/C62H91ClN6O13/c1-35(2)52-59(76)69(12)34-36(3)32-61(8,77)56(82-60-53(72)48(68(10)11)27-37(4)79-60)38(5)54(81-51-33-62(9,78-13)55(73)40(7)80-51)39(6)57(74)65-45(31-50(71)67-52)28-42-23-25-44(26-24-42)64-58(75)47(30-43-21-17-18-22-46(43)63)66-49(70)29-41-19-15-14-16-20-41/h14-26,35-40,45,47-48,51-56,60,72-73,77H,27-34H2,1-13H3,(H,64,75)(H,65,74)(H,66,70)(H,67,71)/t36-,37-,38+,39-,40+,45+,47+,48+,51+,52-,53-,54+,55+,56-,60+,61-,62-/m1/s1. The summed E-state index contributed by atoms with van der Waals surface area (Å²) in [4.78, 5) is 74.6. The summed E-state index contributed by atoms with van der Waals surface area (Å²) in [6.45, 7) is 16.3. The van der Waals surface area contributed by atoms with Crippen molar-refractivity contribution in [3.05, 3.63) is 101 Å². The molecular weight excluding hydrogens is 1070 g/mol. The third-order valence-electron chi connectivity index (χ3n) is 16.6. The molecule has 19 nitrogen and oxygen atoms in total. The maximum atomic E-state index is 15.2. The Morgan fingerprint density at radius 1 is 0.890 bits per heavy atom. The van der Waals surface area contributed by atoms with Crippen molar-refractivity contribution in [2.24, 2.45) is 23.7 Å². The van der Waals surface area contributed by atoms with Crippen LogP contribution in [0.1, 0.15) is 105 Å². The summed E-state index contributed by atoms with van der Waals surface area (Å²) in [6.07, 6.45) is -6.99. The Balaban J connectivity index is 1.34. The Morgan fingerprint density at radius 3 is 2.18 bits per heavy atom. The molecule has 454 valence electrons. The monoisotopic (exact) mass is 1160 g/mol. The van der Waals surface area contributed by atoms with Crippen LogP contribution in [0.4, 0.5) is 5.69 Å². The summed E-state index contributed by atoms with van der Waals surface area (Å²) in [5.74, 6) is -4.71. The van der Waals surface area contributed by atoms with Gasteiger partial charge in [0.25, 0.3) is 0 Å². The Morgan fingerprint density at radius 2 is 1.55 bits per heavy atom. The van der Waals surface area contributed by atoms with Crippen molar-refractivity contribution < 1.29 is 63.0 Å². The van der Waals surface area contributed by atoms with Crippen molar-refractivity contribution >= 4 is 46.8 Å². The summed E-state index contributed by atoms with van der Waals surface area (Å²) in [6, 6.07) is 20.1. The quantitative estimate of drug-likeness (QED) is 0.0947. The summed E-state index contributed by atoms with van der Waals surface area (Å²) >= 11 is 6.53. The zero-order chi connectivity index (χ0) is 60.4. The average molecular weight is 1160 g/mol. The van der Waals surface area contributed by atoms with Gasteiger partial charge in [0.15, 0.2) is 12.6 Å². The molecule has 3 saturated heterocycles. The van der Waals surface area contributed by atoms with E-state index in [0.717, 1.165) is 5.56 Å². The number of ether oxygens (including phenoxy) is 5. The van der Waals surface area contributed by atoms with Gasteiger partial charge in [0, 0.05) is 68.7 Å². The van der Waals surface area contributed by atoms with Crippen LogP contribution in [0, 0.1) is 23.7 Å². The second kappa shape index (κ2) is 29.2. The van der Waals surface area contributed by atoms with Crippen LogP contribution in [-0.4, -0.2) is 174 Å². The van der Waals surface area contributed by atoms with Crippen molar-refractivity contribution in [2.75, 3.05) is 40.1 Å². The topological polar surface area (TPSA) is 247 Å². The maximum absolute atomic E-state index is 15.2. The van der Waals surface area contributed by atoms with Crippen LogP contribution in [0.5, 0.6) is 0 Å². The molecule has 3 aliphatic heterocycles. The highest BCUT2D eigenvalue weighted by Crippen LogP contribution is 2.39. The zero-order valence-electron chi connectivity index (χ0n) is 50.1. The van der Waals surface area contributed by atoms with Crippen molar-refractivity contribution in [1.82, 2.24) is 25.8 Å². The number of amides is 5. The van der Waals surface area contributed by atoms with Crippen LogP contribution in [0.2, 0.25) is 5.02 Å². The van der Waals surface area contributed by atoms with Gasteiger partial charge in [-0.3, -0.25) is 24.0 Å². The predicted octanol–water partition coefficient (Wildman–Crippen LogP) is 5.43. The molecule has 3 aliphatic rings. The fourth-order valence-corrected chi connectivity index (χ4v) is 12.2. The van der Waals surface area contributed by atoms with Crippen LogP contribution in [-0.2, 0) is 66.9 Å². The molecule has 0 aliphatic carbocycles. The second-order valence-corrected chi connectivity index (χ2v) is 24.8. The number of likely N-dealkylation sites (N-methyl/N-ethyl adjacent to an activating group) is 2. The van der Waals surface area contributed by atoms with Gasteiger partial charge in [-0.05, 0) is 108 Å². The minimum atomic E-state index is -1.71. The molecule has 5 amide bonds. The number of carbonyl (C=O) groups excluding carboxylic acids is 5. The number of methoxy groups -OCH3 is 1. The third-order valence-corrected chi connectivity index (χ3v) is 16.9. The smallest absolute Gasteiger partial charge is 0.247 e. The van der Waals surface area contributed by atoms with Gasteiger partial charge in [0.2, 0.25) is 29.5 Å². The van der Waals surface area contributed by atoms with Crippen LogP contribution >= 0.6 is 11.6 Å². The number of nitrogens with zero attached hydrogens (tertiary/aromatic N) is 2. The van der Waals surface area contributed by atoms with Gasteiger partial charge in [-0.15, -0.1) is 0 Å². The predicted molar refractivity (Wildman–Crippen MR) is 312 cm³/mol. The Labute approximate surface area is 489 Å². The number of aliphatic hydroxyl groups excluding tert-OH is 2. The summed E-state index contributed by atoms with van der Waals surface area (Å²) in [7, 11) is 6.88. The van der Waals surface area contributed by atoms with Gasteiger partial charge in [0.1, 0.15) is 24.3 Å². The fraction of sp³-hybridized carbons (Fsp3) is 0.629. The van der Waals surface area contributed by atoms with E-state index in [1.165, 1.54) is 7.11 Å². The molecule has 7 N–H and O–H groups in total. The second-order valence-electron chi connectivity index (χ2n) is 24.4. The van der Waals surface area contributed by atoms with Gasteiger partial charge < -0.3 is 70.1 Å². The molecule has 0 unspecified atom stereocenters. The molecule has 3 heterocycles. The molecule has 0 bridgehead atoms. The van der Waals surface area contributed by atoms with E-state index < -0.39 is 102 Å². The van der Waals surface area contributed by atoms with E-state index in [4.69, 9.17) is 35.3 Å². The maximum Gasteiger partial charge on any atom is 0.247 e. The summed E-state index contributed by atoms with van der Waals surface area (Å²) in [5.41, 5.74) is -0.241. The first-order valence-electron chi connectivity index (χ1n) is 28.8. The lowest BCUT2D eigenvalue weighted by molar-refractivity contribution is -0.317. The molecular formula is C62H91ClN6O13. The molecule has 20 heteroatoms. The van der Waals surface area contributed by atoms with Gasteiger partial charge in [0.05, 0.1) is 48.0 Å². The SMILES string of the molecule is CO[C@]1(C)C[C@H](O[C@H]2[C@H](C)[C@@H](O[C@@H]3O[C@H](C)C[C@H](N(C)C)[C@H]3O)[C@](C)(O)C[C@@H](C)CN(C)C(=O)[C@@H](C(C)C)NC(=O)C[C@H](Cc3ccc(NC(=O)[C@H](Cc4ccccc4Cl)NC(=O)Cc4ccccc4)cc3)NC(=O)[C@@H]2C)O[C@@H](C)[C@@H]1O. The van der Waals surface area contributed by atoms with E-state index >= 15 is 4.79 Å². The highest BCUT2D eigenvalue weighted by Gasteiger charge is 2.51. The Kier molecular flexibility index (Phi) is 23.5. The highest BCUT2D eigenvalue weighted by molar-refractivity contribution is 6.31. The van der Waals surface area contributed by atoms with Gasteiger partial charge >= 0.3 is 0 Å². The third kappa shape index (κ3) is 17.5. The zero-order valence-corrected chi connectivity index (χ0v) is 50.9. The number of benzene rings is 3. The van der Waals surface area contributed by atoms with Crippen LogP contribution < -0.4 is 21.3 Å². The average Bonchev–Trinajstić information content (AvgIpc) is 3.63. The molecule has 0 radical (unpaired) electrons. The summed E-state index contributed by atoms with van der Waals surface area (Å²) in [5, 5.41) is 48.4. The first-order chi connectivity index (χ1) is 38.6. The lowest BCUT2D eigenvalue weighted by atomic mass is 9.77. The van der Waals surface area contributed by atoms with Crippen molar-refractivity contribution in [3.8, 4) is 0 Å². The number of nitrogens with one attached hydrogen (secondary N) is 4. The minimum absolute atomic E-state index is 0.0653. The van der Waals surface area contributed by atoms with Crippen molar-refractivity contribution in [1.29, 1.82) is 0 Å². The van der Waals surface area contributed by atoms with E-state index in [1.807, 2.05) is 83.1 Å². The molecule has 0 aromatic heterocycles. The van der Waals surface area contributed by atoms with Gasteiger partial charge in [-0.25, -0.2) is 0 Å². The number of halogens is 1. The van der Waals surface area contributed by atoms with Gasteiger partial charge in [-0.1, -0.05) is 107 Å². The lowest BCUT2D eigenvalue weighted by Crippen LogP contribution is -2.61. The molecule has 3 aromatic carbocycles. The molecule has 6 rings (SSSR count). The fourth-order valence-electron chi connectivity index (χ4n) is 11.9. The number of aliphatic hydroxyl groups is 3. The van der Waals surface area contributed by atoms with E-state index in [-0.39, 0.29) is 80.9 Å². The van der Waals surface area contributed by atoms with Crippen molar-refractivity contribution in [3.63, 3.8) is 0 Å². The number of carbonyl (C=O) groups is 5. The van der Waals surface area contributed by atoms with Gasteiger partial charge in [-0.2, -0.15) is 0 Å². The van der Waals surface area contributed by atoms with Crippen LogP contribution in [0.3, 0.4) is 0 Å². The Bertz CT molecular complexity index is 2590. The van der Waals surface area contributed by atoms with E-state index in [2.05, 4.69) is 21.3 Å². The number of rotatable bonds is 16. The highest BCUT2D eigenvalue weighted by atomic mass is 35.5. The lowest BCUT2D eigenvalue weighted by Gasteiger charge is -2.49. The number of hydrogen-bond donors (Lipinski definition) is 7. The summed E-state index contributed by atoms with van der Waals surface area (Å²) < 4.78 is 32.3. The van der Waals surface area contributed by atoms with Crippen molar-refractivity contribution in [2.45, 2.75) is 192 Å². The van der Waals surface area contributed by atoms with E-state index in [1.54, 1.807) is 89.0 Å². The first-order valence-corrected chi connectivity index (χ1v) is 29.2. The number of hydrogen-bond acceptors (Lipinski definition) is 14. The molecule has 0 saturated carbocycles. The molecule has 3 fully saturated rings. The van der Waals surface area contributed by atoms with E-state index in [9.17, 15) is 34.5 Å². The molecule has 17 atom stereocenters. The normalized spacial score (nSPS) is 33.3. The molecule has 3 aromatic rings.